The molecule has 1 aromatic heterocycles. The van der Waals surface area contributed by atoms with Gasteiger partial charge in [-0.2, -0.15) is 5.10 Å². The fourth-order valence-corrected chi connectivity index (χ4v) is 2.17. The smallest absolute Gasteiger partial charge is 0.317 e. The molecule has 2 rings (SSSR count). The zero-order chi connectivity index (χ0) is 13.9. The molecule has 1 atom stereocenters. The Morgan fingerprint density at radius 2 is 2.42 bits per heavy atom. The van der Waals surface area contributed by atoms with Crippen molar-refractivity contribution in [2.75, 3.05) is 19.7 Å². The molecule has 1 aliphatic rings. The number of morpholine rings is 1. The van der Waals surface area contributed by atoms with E-state index in [2.05, 4.69) is 17.3 Å². The lowest BCUT2D eigenvalue weighted by Crippen LogP contribution is -2.54. The van der Waals surface area contributed by atoms with E-state index in [1.165, 1.54) is 0 Å². The lowest BCUT2D eigenvalue weighted by Gasteiger charge is -2.39. The molecule has 19 heavy (non-hydrogen) atoms. The summed E-state index contributed by atoms with van der Waals surface area (Å²) in [5, 5.41) is 7.00. The number of aromatic nitrogens is 2. The van der Waals surface area contributed by atoms with E-state index in [0.717, 1.165) is 12.1 Å². The lowest BCUT2D eigenvalue weighted by atomic mass is 10.0. The Bertz CT molecular complexity index is 446. The summed E-state index contributed by atoms with van der Waals surface area (Å²) in [5.41, 5.74) is 0.766. The molecule has 1 aromatic rings. The van der Waals surface area contributed by atoms with Crippen molar-refractivity contribution < 1.29 is 9.53 Å². The molecule has 2 amide bonds. The molecule has 0 aliphatic carbocycles. The van der Waals surface area contributed by atoms with Gasteiger partial charge in [-0.3, -0.25) is 4.68 Å². The average Bonchev–Trinajstić information content (AvgIpc) is 2.81. The van der Waals surface area contributed by atoms with Crippen LogP contribution in [-0.2, 0) is 18.3 Å². The van der Waals surface area contributed by atoms with Gasteiger partial charge in [0.15, 0.2) is 0 Å². The number of carbonyl (C=O) groups is 1. The van der Waals surface area contributed by atoms with Gasteiger partial charge in [0.1, 0.15) is 0 Å². The lowest BCUT2D eigenvalue weighted by molar-refractivity contribution is -0.0872. The zero-order valence-electron chi connectivity index (χ0n) is 11.8. The Balaban J connectivity index is 1.88. The van der Waals surface area contributed by atoms with Gasteiger partial charge in [-0.05, 0) is 19.4 Å². The van der Waals surface area contributed by atoms with Gasteiger partial charge in [0.05, 0.1) is 31.0 Å². The Labute approximate surface area is 113 Å². The second-order valence-corrected chi connectivity index (χ2v) is 5.18. The summed E-state index contributed by atoms with van der Waals surface area (Å²) in [6, 6.07) is 1.86. The van der Waals surface area contributed by atoms with E-state index in [1.54, 1.807) is 10.9 Å². The Morgan fingerprint density at radius 3 is 3.05 bits per heavy atom. The van der Waals surface area contributed by atoms with Crippen LogP contribution in [0.15, 0.2) is 12.3 Å². The first kappa shape index (κ1) is 13.9. The Hall–Kier alpha value is -1.56. The maximum atomic E-state index is 12.1. The monoisotopic (exact) mass is 266 g/mol. The van der Waals surface area contributed by atoms with E-state index in [4.69, 9.17) is 4.74 Å². The molecule has 0 aromatic carbocycles. The first-order valence-corrected chi connectivity index (χ1v) is 6.68. The zero-order valence-corrected chi connectivity index (χ0v) is 11.8. The standard InChI is InChI=1S/C13H22N4O2/c1-4-13(2)10-17(7-8-19-13)12(18)14-9-11-5-6-15-16(11)3/h5-6H,4,7-10H2,1-3H3,(H,14,18). The molecule has 0 bridgehead atoms. The number of rotatable bonds is 3. The number of nitrogens with one attached hydrogen (secondary N) is 1. The summed E-state index contributed by atoms with van der Waals surface area (Å²) in [6.45, 7) is 6.51. The van der Waals surface area contributed by atoms with Crippen molar-refractivity contribution in [3.63, 3.8) is 0 Å². The highest BCUT2D eigenvalue weighted by Crippen LogP contribution is 2.20. The molecule has 1 aliphatic heterocycles. The Morgan fingerprint density at radius 1 is 1.63 bits per heavy atom. The highest BCUT2D eigenvalue weighted by molar-refractivity contribution is 5.74. The molecule has 1 saturated heterocycles. The largest absolute Gasteiger partial charge is 0.372 e. The van der Waals surface area contributed by atoms with Gasteiger partial charge in [-0.25, -0.2) is 4.79 Å². The summed E-state index contributed by atoms with van der Waals surface area (Å²) >= 11 is 0. The van der Waals surface area contributed by atoms with E-state index in [9.17, 15) is 4.79 Å². The molecule has 1 fully saturated rings. The van der Waals surface area contributed by atoms with Crippen LogP contribution in [0, 0.1) is 0 Å². The van der Waals surface area contributed by atoms with Crippen LogP contribution >= 0.6 is 0 Å². The predicted molar refractivity (Wildman–Crippen MR) is 71.7 cm³/mol. The molecule has 6 nitrogen and oxygen atoms in total. The van der Waals surface area contributed by atoms with Gasteiger partial charge in [0, 0.05) is 19.8 Å². The normalized spacial score (nSPS) is 23.4. The van der Waals surface area contributed by atoms with Crippen LogP contribution in [0.25, 0.3) is 0 Å². The van der Waals surface area contributed by atoms with Crippen molar-refractivity contribution in [1.82, 2.24) is 20.0 Å². The third-order valence-electron chi connectivity index (χ3n) is 3.72. The maximum Gasteiger partial charge on any atom is 0.317 e. The SMILES string of the molecule is CCC1(C)CN(C(=O)NCc2ccnn2C)CCO1. The second-order valence-electron chi connectivity index (χ2n) is 5.18. The quantitative estimate of drug-likeness (QED) is 0.892. The van der Waals surface area contributed by atoms with Gasteiger partial charge in [-0.15, -0.1) is 0 Å². The summed E-state index contributed by atoms with van der Waals surface area (Å²) in [6.07, 6.45) is 2.63. The third-order valence-corrected chi connectivity index (χ3v) is 3.72. The minimum absolute atomic E-state index is 0.0378. The molecular weight excluding hydrogens is 244 g/mol. The van der Waals surface area contributed by atoms with Gasteiger partial charge in [-0.1, -0.05) is 6.92 Å². The van der Waals surface area contributed by atoms with Crippen molar-refractivity contribution in [3.8, 4) is 0 Å². The highest BCUT2D eigenvalue weighted by Gasteiger charge is 2.32. The van der Waals surface area contributed by atoms with E-state index in [-0.39, 0.29) is 11.6 Å². The molecule has 0 radical (unpaired) electrons. The van der Waals surface area contributed by atoms with Crippen LogP contribution in [0.2, 0.25) is 0 Å². The van der Waals surface area contributed by atoms with Gasteiger partial charge < -0.3 is 15.0 Å². The average molecular weight is 266 g/mol. The van der Waals surface area contributed by atoms with Crippen molar-refractivity contribution in [1.29, 1.82) is 0 Å². The van der Waals surface area contributed by atoms with E-state index in [1.807, 2.05) is 24.9 Å². The number of hydrogen-bond donors (Lipinski definition) is 1. The topological polar surface area (TPSA) is 59.4 Å². The fourth-order valence-electron chi connectivity index (χ4n) is 2.17. The number of nitrogens with zero attached hydrogens (tertiary/aromatic N) is 3. The number of ether oxygens (including phenoxy) is 1. The molecule has 2 heterocycles. The van der Waals surface area contributed by atoms with Crippen LogP contribution < -0.4 is 5.32 Å². The van der Waals surface area contributed by atoms with Gasteiger partial charge in [0.2, 0.25) is 0 Å². The fraction of sp³-hybridized carbons (Fsp3) is 0.692. The molecule has 0 spiro atoms. The molecule has 106 valence electrons. The summed E-state index contributed by atoms with van der Waals surface area (Å²) in [5.74, 6) is 0. The first-order chi connectivity index (χ1) is 9.04. The van der Waals surface area contributed by atoms with Crippen LogP contribution in [-0.4, -0.2) is 46.0 Å². The van der Waals surface area contributed by atoms with E-state index < -0.39 is 0 Å². The maximum absolute atomic E-state index is 12.1. The minimum Gasteiger partial charge on any atom is -0.372 e. The molecular formula is C13H22N4O2. The van der Waals surface area contributed by atoms with Crippen molar-refractivity contribution >= 4 is 6.03 Å². The second kappa shape index (κ2) is 5.61. The van der Waals surface area contributed by atoms with Gasteiger partial charge >= 0.3 is 6.03 Å². The summed E-state index contributed by atoms with van der Waals surface area (Å²) in [4.78, 5) is 14.0. The molecule has 1 unspecified atom stereocenters. The summed E-state index contributed by atoms with van der Waals surface area (Å²) in [7, 11) is 1.87. The predicted octanol–water partition coefficient (Wildman–Crippen LogP) is 1.13. The van der Waals surface area contributed by atoms with Crippen LogP contribution in [0.3, 0.4) is 0 Å². The summed E-state index contributed by atoms with van der Waals surface area (Å²) < 4.78 is 7.49. The number of amides is 2. The highest BCUT2D eigenvalue weighted by atomic mass is 16.5. The number of aryl methyl sites for hydroxylation is 1. The molecule has 0 saturated carbocycles. The van der Waals surface area contributed by atoms with E-state index in [0.29, 0.717) is 26.2 Å². The number of carbonyl (C=O) groups excluding carboxylic acids is 1. The van der Waals surface area contributed by atoms with Crippen LogP contribution in [0.1, 0.15) is 26.0 Å². The molecule has 6 heteroatoms. The molecule has 1 N–H and O–H groups in total. The van der Waals surface area contributed by atoms with Crippen molar-refractivity contribution in [3.05, 3.63) is 18.0 Å². The van der Waals surface area contributed by atoms with E-state index >= 15 is 0 Å². The van der Waals surface area contributed by atoms with Crippen molar-refractivity contribution in [2.24, 2.45) is 7.05 Å². The van der Waals surface area contributed by atoms with Gasteiger partial charge in [0.25, 0.3) is 0 Å². The van der Waals surface area contributed by atoms with Crippen molar-refractivity contribution in [2.45, 2.75) is 32.4 Å². The van der Waals surface area contributed by atoms with Crippen LogP contribution in [0.5, 0.6) is 0 Å². The minimum atomic E-state index is -0.220. The third kappa shape index (κ3) is 3.26. The number of hydrogen-bond acceptors (Lipinski definition) is 3. The first-order valence-electron chi connectivity index (χ1n) is 6.68. The Kier molecular flexibility index (Phi) is 4.09. The number of urea groups is 1. The van der Waals surface area contributed by atoms with Crippen LogP contribution in [0.4, 0.5) is 4.79 Å².